The molecule has 1 aliphatic heterocycles. The number of sulfonamides is 1. The van der Waals surface area contributed by atoms with E-state index >= 15 is 0 Å². The molecule has 1 aliphatic rings. The molecule has 4 rings (SSSR count). The molecule has 1 N–H and O–H groups in total. The number of aromatic nitrogens is 1. The molecule has 8 nitrogen and oxygen atoms in total. The number of hydrogen-bond acceptors (Lipinski definition) is 7. The van der Waals surface area contributed by atoms with Gasteiger partial charge in [-0.05, 0) is 42.5 Å². The van der Waals surface area contributed by atoms with Crippen molar-refractivity contribution in [3.63, 3.8) is 0 Å². The molecule has 1 atom stereocenters. The highest BCUT2D eigenvalue weighted by Gasteiger charge is 2.34. The van der Waals surface area contributed by atoms with Crippen LogP contribution in [0, 0.1) is 11.3 Å². The van der Waals surface area contributed by atoms with E-state index in [1.54, 1.807) is 46.7 Å². The summed E-state index contributed by atoms with van der Waals surface area (Å²) in [6.07, 6.45) is 1.34. The Hall–Kier alpha value is -3.42. The van der Waals surface area contributed by atoms with Crippen molar-refractivity contribution in [2.45, 2.75) is 17.4 Å². The van der Waals surface area contributed by atoms with Gasteiger partial charge >= 0.3 is 0 Å². The number of ether oxygens (including phenoxy) is 1. The number of nitrogens with one attached hydrogen (secondary N) is 1. The fourth-order valence-electron chi connectivity index (χ4n) is 3.08. The van der Waals surface area contributed by atoms with Gasteiger partial charge in [-0.25, -0.2) is 13.4 Å². The van der Waals surface area contributed by atoms with Crippen LogP contribution in [0.25, 0.3) is 0 Å². The molecular formula is C20H18N4O4S2. The molecule has 1 fully saturated rings. The van der Waals surface area contributed by atoms with E-state index in [9.17, 15) is 13.2 Å². The second-order valence-corrected chi connectivity index (χ2v) is 9.04. The summed E-state index contributed by atoms with van der Waals surface area (Å²) >= 11 is 1.19. The van der Waals surface area contributed by atoms with Gasteiger partial charge in [0.15, 0.2) is 11.2 Å². The molecule has 1 saturated heterocycles. The van der Waals surface area contributed by atoms with Gasteiger partial charge in [0.05, 0.1) is 16.5 Å². The second kappa shape index (κ2) is 8.14. The third-order valence-electron chi connectivity index (χ3n) is 4.51. The molecule has 2 aromatic carbocycles. The first kappa shape index (κ1) is 19.9. The van der Waals surface area contributed by atoms with Gasteiger partial charge in [0.1, 0.15) is 5.75 Å². The van der Waals surface area contributed by atoms with Gasteiger partial charge in [0.2, 0.25) is 0 Å². The molecule has 10 heteroatoms. The van der Waals surface area contributed by atoms with E-state index in [4.69, 9.17) is 10.00 Å². The summed E-state index contributed by atoms with van der Waals surface area (Å²) in [6.45, 7) is 0.449. The molecule has 30 heavy (non-hydrogen) atoms. The molecule has 0 spiro atoms. The second-order valence-electron chi connectivity index (χ2n) is 6.46. The Balaban J connectivity index is 0.00000272. The van der Waals surface area contributed by atoms with E-state index in [1.807, 2.05) is 6.07 Å². The average Bonchev–Trinajstić information content (AvgIpc) is 3.38. The third-order valence-corrected chi connectivity index (χ3v) is 6.68. The van der Waals surface area contributed by atoms with E-state index in [2.05, 4.69) is 9.71 Å². The summed E-state index contributed by atoms with van der Waals surface area (Å²) in [4.78, 5) is 18.3. The highest BCUT2D eigenvalue weighted by Crippen LogP contribution is 2.27. The lowest BCUT2D eigenvalue weighted by Crippen LogP contribution is -2.32. The standard InChI is InChI=1S/C20H16N4O4S2.H2/c21-13-14-2-1-3-16(12-14)28-18-8-10-24(19(18)25)15-4-6-17(7-5-15)30(26,27)23-20-22-9-11-29-20;/h1-7,9,11-12,18H,8,10H2,(H,22,23);1H. The van der Waals surface area contributed by atoms with Crippen LogP contribution in [0.15, 0.2) is 65.0 Å². The number of thiazole rings is 1. The Kier molecular flexibility index (Phi) is 5.39. The molecule has 154 valence electrons. The number of amides is 1. The van der Waals surface area contributed by atoms with Crippen LogP contribution >= 0.6 is 11.3 Å². The minimum Gasteiger partial charge on any atom is -0.480 e. The Morgan fingerprint density at radius 3 is 2.77 bits per heavy atom. The number of hydrogen-bond donors (Lipinski definition) is 1. The van der Waals surface area contributed by atoms with Crippen molar-refractivity contribution in [3.8, 4) is 11.8 Å². The Labute approximate surface area is 178 Å². The van der Waals surface area contributed by atoms with Gasteiger partial charge in [-0.15, -0.1) is 11.3 Å². The van der Waals surface area contributed by atoms with Gasteiger partial charge in [-0.3, -0.25) is 9.52 Å². The van der Waals surface area contributed by atoms with Gasteiger partial charge in [0, 0.05) is 31.7 Å². The number of nitriles is 1. The Morgan fingerprint density at radius 1 is 1.27 bits per heavy atom. The molecule has 0 saturated carbocycles. The number of carbonyl (C=O) groups excluding carboxylic acids is 1. The smallest absolute Gasteiger partial charge is 0.268 e. The molecule has 0 radical (unpaired) electrons. The molecule has 2 heterocycles. The van der Waals surface area contributed by atoms with E-state index in [0.717, 1.165) is 0 Å². The lowest BCUT2D eigenvalue weighted by Gasteiger charge is -2.18. The molecule has 1 unspecified atom stereocenters. The minimum atomic E-state index is -3.75. The molecule has 0 bridgehead atoms. The highest BCUT2D eigenvalue weighted by molar-refractivity contribution is 7.93. The van der Waals surface area contributed by atoms with Crippen molar-refractivity contribution < 1.29 is 19.4 Å². The van der Waals surface area contributed by atoms with E-state index in [1.165, 1.54) is 29.7 Å². The lowest BCUT2D eigenvalue weighted by atomic mass is 10.2. The third kappa shape index (κ3) is 4.12. The first-order valence-corrected chi connectivity index (χ1v) is 11.3. The number of rotatable bonds is 6. The normalized spacial score (nSPS) is 16.3. The van der Waals surface area contributed by atoms with Crippen molar-refractivity contribution in [2.24, 2.45) is 0 Å². The molecule has 1 aromatic heterocycles. The van der Waals surface area contributed by atoms with E-state index in [0.29, 0.717) is 30.0 Å². The van der Waals surface area contributed by atoms with Gasteiger partial charge in [-0.1, -0.05) is 6.07 Å². The van der Waals surface area contributed by atoms with E-state index < -0.39 is 16.1 Å². The zero-order valence-corrected chi connectivity index (χ0v) is 17.2. The quantitative estimate of drug-likeness (QED) is 0.627. The monoisotopic (exact) mass is 442 g/mol. The van der Waals surface area contributed by atoms with Gasteiger partial charge in [-0.2, -0.15) is 5.26 Å². The fraction of sp³-hybridized carbons (Fsp3) is 0.150. The topological polar surface area (TPSA) is 112 Å². The van der Waals surface area contributed by atoms with Crippen LogP contribution in [0.4, 0.5) is 10.8 Å². The summed E-state index contributed by atoms with van der Waals surface area (Å²) in [5.74, 6) is 0.248. The Morgan fingerprint density at radius 2 is 2.07 bits per heavy atom. The SMILES string of the molecule is N#Cc1cccc(OC2CCN(c3ccc(S(=O)(=O)Nc4nccs4)cc3)C2=O)c1.[HH]. The molecule has 0 aliphatic carbocycles. The largest absolute Gasteiger partial charge is 0.480 e. The van der Waals surface area contributed by atoms with Crippen LogP contribution in [0.2, 0.25) is 0 Å². The van der Waals surface area contributed by atoms with Crippen LogP contribution in [-0.4, -0.2) is 32.0 Å². The van der Waals surface area contributed by atoms with E-state index in [-0.39, 0.29) is 17.4 Å². The van der Waals surface area contributed by atoms with Crippen molar-refractivity contribution >= 4 is 38.1 Å². The summed E-state index contributed by atoms with van der Waals surface area (Å²) in [6, 6.07) is 14.8. The zero-order chi connectivity index (χ0) is 21.1. The maximum atomic E-state index is 12.8. The summed E-state index contributed by atoms with van der Waals surface area (Å²) in [5, 5.41) is 10.9. The Bertz CT molecular complexity index is 1210. The fourth-order valence-corrected chi connectivity index (χ4v) is 4.86. The predicted molar refractivity (Wildman–Crippen MR) is 114 cm³/mol. The highest BCUT2D eigenvalue weighted by atomic mass is 32.2. The van der Waals surface area contributed by atoms with Crippen molar-refractivity contribution in [1.29, 1.82) is 5.26 Å². The number of nitrogens with zero attached hydrogens (tertiary/aromatic N) is 3. The van der Waals surface area contributed by atoms with Gasteiger partial charge < -0.3 is 9.64 Å². The lowest BCUT2D eigenvalue weighted by molar-refractivity contribution is -0.122. The van der Waals surface area contributed by atoms with Crippen molar-refractivity contribution in [3.05, 3.63) is 65.7 Å². The van der Waals surface area contributed by atoms with Crippen LogP contribution < -0.4 is 14.4 Å². The first-order valence-electron chi connectivity index (χ1n) is 8.97. The molecule has 1 amide bonds. The summed E-state index contributed by atoms with van der Waals surface area (Å²) < 4.78 is 33.0. The number of benzene rings is 2. The molecule has 3 aromatic rings. The summed E-state index contributed by atoms with van der Waals surface area (Å²) in [7, 11) is -3.75. The summed E-state index contributed by atoms with van der Waals surface area (Å²) in [5.41, 5.74) is 1.04. The van der Waals surface area contributed by atoms with Crippen molar-refractivity contribution in [2.75, 3.05) is 16.2 Å². The van der Waals surface area contributed by atoms with Crippen LogP contribution in [0.3, 0.4) is 0 Å². The minimum absolute atomic E-state index is 0. The van der Waals surface area contributed by atoms with Crippen molar-refractivity contribution in [1.82, 2.24) is 4.98 Å². The zero-order valence-electron chi connectivity index (χ0n) is 15.6. The number of anilines is 2. The van der Waals surface area contributed by atoms with Crippen LogP contribution in [-0.2, 0) is 14.8 Å². The maximum absolute atomic E-state index is 12.8. The number of carbonyl (C=O) groups is 1. The predicted octanol–water partition coefficient (Wildman–Crippen LogP) is 3.25. The van der Waals surface area contributed by atoms with Gasteiger partial charge in [0.25, 0.3) is 15.9 Å². The first-order chi connectivity index (χ1) is 14.5. The maximum Gasteiger partial charge on any atom is 0.268 e. The average molecular weight is 443 g/mol. The molecular weight excluding hydrogens is 424 g/mol. The van der Waals surface area contributed by atoms with Crippen LogP contribution in [0.5, 0.6) is 5.75 Å². The van der Waals surface area contributed by atoms with Crippen LogP contribution in [0.1, 0.15) is 13.4 Å².